The summed E-state index contributed by atoms with van der Waals surface area (Å²) in [7, 11) is 0. The van der Waals surface area contributed by atoms with Gasteiger partial charge in [0.1, 0.15) is 35.5 Å². The summed E-state index contributed by atoms with van der Waals surface area (Å²) in [6.07, 6.45) is 0. The van der Waals surface area contributed by atoms with Crippen LogP contribution in [0, 0.1) is 18.3 Å². The molecule has 0 amide bonds. The minimum atomic E-state index is 0.165. The maximum absolute atomic E-state index is 9.37. The summed E-state index contributed by atoms with van der Waals surface area (Å²) in [5.74, 6) is 1.63. The third-order valence-corrected chi connectivity index (χ3v) is 4.60. The smallest absolute Gasteiger partial charge is 0.190 e. The minimum absolute atomic E-state index is 0.165. The molecular formula is C20H18N4OS. The minimum Gasteiger partial charge on any atom is -0.487 e. The van der Waals surface area contributed by atoms with E-state index in [0.29, 0.717) is 10.9 Å². The molecule has 0 fully saturated rings. The molecule has 0 aliphatic heterocycles. The number of anilines is 1. The highest BCUT2D eigenvalue weighted by Crippen LogP contribution is 2.24. The molecule has 3 rings (SSSR count). The van der Waals surface area contributed by atoms with Gasteiger partial charge in [-0.2, -0.15) is 5.26 Å². The predicted octanol–water partition coefficient (Wildman–Crippen LogP) is 4.11. The zero-order valence-electron chi connectivity index (χ0n) is 14.3. The van der Waals surface area contributed by atoms with Crippen LogP contribution in [0.4, 0.5) is 5.82 Å². The summed E-state index contributed by atoms with van der Waals surface area (Å²) in [4.78, 5) is 8.72. The van der Waals surface area contributed by atoms with Crippen molar-refractivity contribution in [2.24, 2.45) is 0 Å². The number of hydrogen-bond acceptors (Lipinski definition) is 6. The molecule has 0 unspecified atom stereocenters. The van der Waals surface area contributed by atoms with Gasteiger partial charge >= 0.3 is 0 Å². The van der Waals surface area contributed by atoms with Crippen molar-refractivity contribution in [2.75, 3.05) is 5.73 Å². The lowest BCUT2D eigenvalue weighted by Crippen LogP contribution is -2.08. The number of aryl methyl sites for hydroxylation is 1. The molecule has 2 N–H and O–H groups in total. The lowest BCUT2D eigenvalue weighted by molar-refractivity contribution is 0.299. The number of aromatic nitrogens is 2. The van der Waals surface area contributed by atoms with Crippen LogP contribution in [0.5, 0.6) is 5.75 Å². The number of thioether (sulfide) groups is 1. The molecule has 5 nitrogen and oxygen atoms in total. The van der Waals surface area contributed by atoms with E-state index in [1.807, 2.05) is 61.5 Å². The maximum atomic E-state index is 9.37. The van der Waals surface area contributed by atoms with Gasteiger partial charge in [-0.3, -0.25) is 0 Å². The second-order valence-electron chi connectivity index (χ2n) is 5.70. The standard InChI is InChI=1S/C20H18N4OS/c1-14-6-5-9-16(10-14)25-12-18-17(11-21)19(22)24-20(23-18)26-13-15-7-3-2-4-8-15/h2-10H,12-13H2,1H3,(H2,22,23,24). The number of rotatable bonds is 6. The number of ether oxygens (including phenoxy) is 1. The first-order chi connectivity index (χ1) is 12.7. The number of benzene rings is 2. The number of nitrogens with zero attached hydrogens (tertiary/aromatic N) is 3. The van der Waals surface area contributed by atoms with Crippen molar-refractivity contribution in [1.29, 1.82) is 5.26 Å². The van der Waals surface area contributed by atoms with Crippen LogP contribution < -0.4 is 10.5 Å². The summed E-state index contributed by atoms with van der Waals surface area (Å²) >= 11 is 1.48. The van der Waals surface area contributed by atoms with E-state index in [4.69, 9.17) is 10.5 Å². The number of hydrogen-bond donors (Lipinski definition) is 1. The van der Waals surface area contributed by atoms with E-state index in [1.54, 1.807) is 0 Å². The van der Waals surface area contributed by atoms with Crippen LogP contribution in [0.2, 0.25) is 0 Å². The van der Waals surface area contributed by atoms with Gasteiger partial charge in [0.15, 0.2) is 5.16 Å². The fourth-order valence-electron chi connectivity index (χ4n) is 2.37. The molecule has 26 heavy (non-hydrogen) atoms. The molecule has 0 aliphatic carbocycles. The van der Waals surface area contributed by atoms with Crippen LogP contribution in [-0.4, -0.2) is 9.97 Å². The average molecular weight is 362 g/mol. The second-order valence-corrected chi connectivity index (χ2v) is 6.65. The Bertz CT molecular complexity index is 938. The van der Waals surface area contributed by atoms with E-state index in [-0.39, 0.29) is 18.0 Å². The third kappa shape index (κ3) is 4.52. The summed E-state index contributed by atoms with van der Waals surface area (Å²) in [6, 6.07) is 19.8. The highest BCUT2D eigenvalue weighted by molar-refractivity contribution is 7.98. The summed E-state index contributed by atoms with van der Waals surface area (Å²) < 4.78 is 5.78. The fraction of sp³-hybridized carbons (Fsp3) is 0.150. The molecule has 2 aromatic carbocycles. The Labute approximate surface area is 156 Å². The Morgan fingerprint density at radius 2 is 1.92 bits per heavy atom. The van der Waals surface area contributed by atoms with Gasteiger partial charge in [-0.1, -0.05) is 54.2 Å². The SMILES string of the molecule is Cc1cccc(OCc2nc(SCc3ccccc3)nc(N)c2C#N)c1. The fourth-order valence-corrected chi connectivity index (χ4v) is 3.20. The van der Waals surface area contributed by atoms with Crippen molar-refractivity contribution in [3.8, 4) is 11.8 Å². The molecule has 6 heteroatoms. The predicted molar refractivity (Wildman–Crippen MR) is 103 cm³/mol. The first-order valence-corrected chi connectivity index (χ1v) is 9.07. The van der Waals surface area contributed by atoms with Crippen molar-refractivity contribution in [3.05, 3.63) is 77.0 Å². The van der Waals surface area contributed by atoms with Gasteiger partial charge in [-0.25, -0.2) is 9.97 Å². The van der Waals surface area contributed by atoms with Crippen molar-refractivity contribution >= 4 is 17.6 Å². The van der Waals surface area contributed by atoms with Crippen LogP contribution in [0.1, 0.15) is 22.4 Å². The van der Waals surface area contributed by atoms with Gasteiger partial charge in [-0.15, -0.1) is 0 Å². The molecule has 0 radical (unpaired) electrons. The normalized spacial score (nSPS) is 10.3. The van der Waals surface area contributed by atoms with E-state index in [2.05, 4.69) is 16.0 Å². The second kappa shape index (κ2) is 8.37. The monoisotopic (exact) mass is 362 g/mol. The molecule has 0 saturated carbocycles. The maximum Gasteiger partial charge on any atom is 0.190 e. The molecule has 1 aromatic heterocycles. The van der Waals surface area contributed by atoms with Gasteiger partial charge in [0.05, 0.1) is 0 Å². The first kappa shape index (κ1) is 17.8. The molecule has 0 spiro atoms. The van der Waals surface area contributed by atoms with Crippen molar-refractivity contribution in [1.82, 2.24) is 9.97 Å². The van der Waals surface area contributed by atoms with Gasteiger partial charge in [0.2, 0.25) is 0 Å². The van der Waals surface area contributed by atoms with Crippen molar-refractivity contribution < 1.29 is 4.74 Å². The molecule has 0 saturated heterocycles. The van der Waals surface area contributed by atoms with Crippen LogP contribution in [-0.2, 0) is 12.4 Å². The lowest BCUT2D eigenvalue weighted by atomic mass is 10.2. The zero-order valence-corrected chi connectivity index (χ0v) is 15.2. The number of nitriles is 1. The Morgan fingerprint density at radius 3 is 2.65 bits per heavy atom. The van der Waals surface area contributed by atoms with Crippen LogP contribution in [0.15, 0.2) is 59.8 Å². The third-order valence-electron chi connectivity index (χ3n) is 3.68. The molecule has 0 atom stereocenters. The Morgan fingerprint density at radius 1 is 1.12 bits per heavy atom. The average Bonchev–Trinajstić information content (AvgIpc) is 2.65. The Balaban J connectivity index is 1.77. The molecular weight excluding hydrogens is 344 g/mol. The van der Waals surface area contributed by atoms with Crippen molar-refractivity contribution in [2.45, 2.75) is 24.4 Å². The Kier molecular flexibility index (Phi) is 5.72. The first-order valence-electron chi connectivity index (χ1n) is 8.08. The van der Waals surface area contributed by atoms with Gasteiger partial charge < -0.3 is 10.5 Å². The van der Waals surface area contributed by atoms with E-state index < -0.39 is 0 Å². The largest absolute Gasteiger partial charge is 0.487 e. The molecule has 0 bridgehead atoms. The van der Waals surface area contributed by atoms with E-state index in [1.165, 1.54) is 17.3 Å². The van der Waals surface area contributed by atoms with E-state index >= 15 is 0 Å². The van der Waals surface area contributed by atoms with Crippen LogP contribution in [0.3, 0.4) is 0 Å². The number of nitrogen functional groups attached to an aromatic ring is 1. The van der Waals surface area contributed by atoms with Crippen LogP contribution >= 0.6 is 11.8 Å². The van der Waals surface area contributed by atoms with Crippen molar-refractivity contribution in [3.63, 3.8) is 0 Å². The van der Waals surface area contributed by atoms with E-state index in [9.17, 15) is 5.26 Å². The lowest BCUT2D eigenvalue weighted by Gasteiger charge is -2.10. The Hall–Kier alpha value is -3.04. The highest BCUT2D eigenvalue weighted by Gasteiger charge is 2.13. The molecule has 1 heterocycles. The zero-order chi connectivity index (χ0) is 18.4. The van der Waals surface area contributed by atoms with Gasteiger partial charge in [-0.05, 0) is 30.2 Å². The van der Waals surface area contributed by atoms with Crippen LogP contribution in [0.25, 0.3) is 0 Å². The molecule has 3 aromatic rings. The quantitative estimate of drug-likeness (QED) is 0.525. The topological polar surface area (TPSA) is 84.8 Å². The van der Waals surface area contributed by atoms with E-state index in [0.717, 1.165) is 17.1 Å². The summed E-state index contributed by atoms with van der Waals surface area (Å²) in [6.45, 7) is 2.16. The summed E-state index contributed by atoms with van der Waals surface area (Å²) in [5, 5.41) is 9.90. The highest BCUT2D eigenvalue weighted by atomic mass is 32.2. The molecule has 130 valence electrons. The molecule has 0 aliphatic rings. The van der Waals surface area contributed by atoms with Gasteiger partial charge in [0.25, 0.3) is 0 Å². The summed E-state index contributed by atoms with van der Waals surface area (Å²) in [5.41, 5.74) is 8.98. The number of nitrogens with two attached hydrogens (primary N) is 1. The van der Waals surface area contributed by atoms with Gasteiger partial charge in [0, 0.05) is 5.75 Å².